The van der Waals surface area contributed by atoms with Gasteiger partial charge in [-0.1, -0.05) is 43.6 Å². The van der Waals surface area contributed by atoms with Crippen molar-refractivity contribution in [2.75, 3.05) is 13.1 Å². The number of benzene rings is 1. The van der Waals surface area contributed by atoms with Gasteiger partial charge in [0.2, 0.25) is 0 Å². The Balaban J connectivity index is 2.44. The van der Waals surface area contributed by atoms with Crippen molar-refractivity contribution in [2.24, 2.45) is 0 Å². The summed E-state index contributed by atoms with van der Waals surface area (Å²) < 4.78 is 5.18. The second-order valence-corrected chi connectivity index (χ2v) is 4.96. The molecule has 0 aliphatic carbocycles. The Hall–Kier alpha value is -1.48. The van der Waals surface area contributed by atoms with Crippen molar-refractivity contribution >= 4 is 17.6 Å². The number of rotatable bonds is 8. The molecule has 4 heteroatoms. The maximum Gasteiger partial charge on any atom is 0.332 e. The zero-order valence-electron chi connectivity index (χ0n) is 12.1. The Morgan fingerprint density at radius 2 is 1.90 bits per heavy atom. The van der Waals surface area contributed by atoms with Gasteiger partial charge < -0.3 is 9.64 Å². The van der Waals surface area contributed by atoms with Crippen LogP contribution in [0.3, 0.4) is 0 Å². The SMILES string of the molecule is CCCN(/C=C/C(=O)OCc1ccccc1Cl)CCC. The number of hydrogen-bond acceptors (Lipinski definition) is 3. The van der Waals surface area contributed by atoms with Crippen molar-refractivity contribution in [2.45, 2.75) is 33.3 Å². The minimum Gasteiger partial charge on any atom is -0.458 e. The third-order valence-electron chi connectivity index (χ3n) is 2.77. The first-order valence-electron chi connectivity index (χ1n) is 6.99. The average Bonchev–Trinajstić information content (AvgIpc) is 2.44. The minimum atomic E-state index is -0.345. The van der Waals surface area contributed by atoms with Crippen LogP contribution < -0.4 is 0 Å². The fraction of sp³-hybridized carbons (Fsp3) is 0.438. The molecule has 0 aromatic heterocycles. The van der Waals surface area contributed by atoms with Crippen molar-refractivity contribution in [3.63, 3.8) is 0 Å². The largest absolute Gasteiger partial charge is 0.458 e. The van der Waals surface area contributed by atoms with Gasteiger partial charge in [-0.3, -0.25) is 0 Å². The zero-order chi connectivity index (χ0) is 14.8. The normalized spacial score (nSPS) is 10.8. The van der Waals surface area contributed by atoms with Gasteiger partial charge in [0.25, 0.3) is 0 Å². The quantitative estimate of drug-likeness (QED) is 0.536. The monoisotopic (exact) mass is 295 g/mol. The van der Waals surface area contributed by atoms with Gasteiger partial charge in [0.1, 0.15) is 6.61 Å². The number of carbonyl (C=O) groups excluding carboxylic acids is 1. The molecule has 110 valence electrons. The lowest BCUT2D eigenvalue weighted by Gasteiger charge is -2.18. The highest BCUT2D eigenvalue weighted by atomic mass is 35.5. The number of carbonyl (C=O) groups is 1. The van der Waals surface area contributed by atoms with Gasteiger partial charge in [-0.15, -0.1) is 0 Å². The van der Waals surface area contributed by atoms with E-state index in [1.807, 2.05) is 24.4 Å². The van der Waals surface area contributed by atoms with Crippen LogP contribution in [0.15, 0.2) is 36.5 Å². The lowest BCUT2D eigenvalue weighted by molar-refractivity contribution is -0.139. The van der Waals surface area contributed by atoms with E-state index in [0.717, 1.165) is 31.5 Å². The van der Waals surface area contributed by atoms with Gasteiger partial charge in [-0.2, -0.15) is 0 Å². The highest BCUT2D eigenvalue weighted by molar-refractivity contribution is 6.31. The van der Waals surface area contributed by atoms with Gasteiger partial charge in [-0.25, -0.2) is 4.79 Å². The second-order valence-electron chi connectivity index (χ2n) is 4.55. The molecule has 0 bridgehead atoms. The van der Waals surface area contributed by atoms with Crippen LogP contribution in [0.2, 0.25) is 5.02 Å². The molecule has 1 aromatic carbocycles. The predicted octanol–water partition coefficient (Wildman–Crippen LogP) is 4.02. The van der Waals surface area contributed by atoms with Gasteiger partial charge in [-0.05, 0) is 18.9 Å². The van der Waals surface area contributed by atoms with E-state index >= 15 is 0 Å². The molecular formula is C16H22ClNO2. The molecule has 3 nitrogen and oxygen atoms in total. The molecule has 1 aromatic rings. The lowest BCUT2D eigenvalue weighted by Crippen LogP contribution is -2.19. The Labute approximate surface area is 126 Å². The molecule has 0 aliphatic rings. The zero-order valence-corrected chi connectivity index (χ0v) is 12.9. The summed E-state index contributed by atoms with van der Waals surface area (Å²) in [6.07, 6.45) is 5.39. The summed E-state index contributed by atoms with van der Waals surface area (Å²) in [4.78, 5) is 13.8. The average molecular weight is 296 g/mol. The van der Waals surface area contributed by atoms with Crippen LogP contribution in [0.25, 0.3) is 0 Å². The molecule has 0 saturated heterocycles. The summed E-state index contributed by atoms with van der Waals surface area (Å²) in [7, 11) is 0. The van der Waals surface area contributed by atoms with E-state index in [1.165, 1.54) is 6.08 Å². The van der Waals surface area contributed by atoms with Gasteiger partial charge in [0.05, 0.1) is 0 Å². The van der Waals surface area contributed by atoms with Crippen LogP contribution in [-0.2, 0) is 16.1 Å². The van der Waals surface area contributed by atoms with E-state index in [0.29, 0.717) is 5.02 Å². The van der Waals surface area contributed by atoms with Crippen LogP contribution in [0, 0.1) is 0 Å². The van der Waals surface area contributed by atoms with Crippen molar-refractivity contribution in [3.8, 4) is 0 Å². The molecule has 0 saturated carbocycles. The van der Waals surface area contributed by atoms with Crippen LogP contribution >= 0.6 is 11.6 Å². The van der Waals surface area contributed by atoms with E-state index in [9.17, 15) is 4.79 Å². The van der Waals surface area contributed by atoms with E-state index in [1.54, 1.807) is 6.07 Å². The van der Waals surface area contributed by atoms with E-state index in [2.05, 4.69) is 18.7 Å². The minimum absolute atomic E-state index is 0.199. The van der Waals surface area contributed by atoms with Gasteiger partial charge >= 0.3 is 5.97 Å². The topological polar surface area (TPSA) is 29.5 Å². The van der Waals surface area contributed by atoms with Crippen molar-refractivity contribution < 1.29 is 9.53 Å². The Morgan fingerprint density at radius 1 is 1.25 bits per heavy atom. The summed E-state index contributed by atoms with van der Waals surface area (Å²) in [5, 5.41) is 0.614. The molecule has 0 N–H and O–H groups in total. The summed E-state index contributed by atoms with van der Waals surface area (Å²) >= 11 is 6.00. The molecule has 0 amide bonds. The number of ether oxygens (including phenoxy) is 1. The first-order chi connectivity index (χ1) is 9.67. The van der Waals surface area contributed by atoms with E-state index in [-0.39, 0.29) is 12.6 Å². The van der Waals surface area contributed by atoms with E-state index in [4.69, 9.17) is 16.3 Å². The van der Waals surface area contributed by atoms with Crippen molar-refractivity contribution in [3.05, 3.63) is 47.1 Å². The second kappa shape index (κ2) is 9.43. The smallest absolute Gasteiger partial charge is 0.332 e. The molecule has 20 heavy (non-hydrogen) atoms. The van der Waals surface area contributed by atoms with Crippen LogP contribution in [0.5, 0.6) is 0 Å². The number of nitrogens with zero attached hydrogens (tertiary/aromatic N) is 1. The highest BCUT2D eigenvalue weighted by Crippen LogP contribution is 2.15. The van der Waals surface area contributed by atoms with Crippen LogP contribution in [0.1, 0.15) is 32.3 Å². The third-order valence-corrected chi connectivity index (χ3v) is 3.14. The molecule has 0 aliphatic heterocycles. The van der Waals surface area contributed by atoms with Gasteiger partial charge in [0.15, 0.2) is 0 Å². The fourth-order valence-corrected chi connectivity index (χ4v) is 2.00. The molecule has 0 unspecified atom stereocenters. The number of esters is 1. The van der Waals surface area contributed by atoms with Crippen molar-refractivity contribution in [1.29, 1.82) is 0 Å². The molecule has 0 heterocycles. The first kappa shape index (κ1) is 16.6. The molecule has 1 rings (SSSR count). The molecule has 0 fully saturated rings. The number of halogens is 1. The predicted molar refractivity (Wildman–Crippen MR) is 82.5 cm³/mol. The first-order valence-corrected chi connectivity index (χ1v) is 7.37. The Bertz CT molecular complexity index is 440. The third kappa shape index (κ3) is 6.11. The van der Waals surface area contributed by atoms with Gasteiger partial charge in [0, 0.05) is 36.0 Å². The summed E-state index contributed by atoms with van der Waals surface area (Å²) in [6.45, 7) is 6.33. The standard InChI is InChI=1S/C16H22ClNO2/c1-3-10-18(11-4-2)12-9-16(19)20-13-14-7-5-6-8-15(14)17/h5-9,12H,3-4,10-11,13H2,1-2H3/b12-9+. The summed E-state index contributed by atoms with van der Waals surface area (Å²) in [5.74, 6) is -0.345. The van der Waals surface area contributed by atoms with Crippen molar-refractivity contribution in [1.82, 2.24) is 4.90 Å². The molecule has 0 spiro atoms. The Kier molecular flexibility index (Phi) is 7.81. The Morgan fingerprint density at radius 3 is 2.50 bits per heavy atom. The summed E-state index contributed by atoms with van der Waals surface area (Å²) in [5.41, 5.74) is 0.815. The van der Waals surface area contributed by atoms with E-state index < -0.39 is 0 Å². The summed E-state index contributed by atoms with van der Waals surface area (Å²) in [6, 6.07) is 7.35. The highest BCUT2D eigenvalue weighted by Gasteiger charge is 2.03. The number of hydrogen-bond donors (Lipinski definition) is 0. The molecular weight excluding hydrogens is 274 g/mol. The maximum absolute atomic E-state index is 11.7. The molecule has 0 radical (unpaired) electrons. The lowest BCUT2D eigenvalue weighted by atomic mass is 10.2. The van der Waals surface area contributed by atoms with Crippen LogP contribution in [-0.4, -0.2) is 24.0 Å². The maximum atomic E-state index is 11.7. The molecule has 0 atom stereocenters. The van der Waals surface area contributed by atoms with Crippen LogP contribution in [0.4, 0.5) is 0 Å². The fourth-order valence-electron chi connectivity index (χ4n) is 1.81.